The van der Waals surface area contributed by atoms with Crippen molar-refractivity contribution in [3.05, 3.63) is 289 Å². The number of alkyl halides is 12. The first-order valence-electron chi connectivity index (χ1n) is 42.2. The Morgan fingerprint density at radius 1 is 0.408 bits per heavy atom. The maximum atomic E-state index is 14.1. The lowest BCUT2D eigenvalue weighted by Crippen LogP contribution is -2.32. The zero-order valence-corrected chi connectivity index (χ0v) is 77.7. The van der Waals surface area contributed by atoms with Gasteiger partial charge in [-0.25, -0.2) is 27.5 Å². The van der Waals surface area contributed by atoms with E-state index in [1.54, 1.807) is 99.0 Å². The maximum Gasteiger partial charge on any atom is 0.573 e. The molecular formula is C99H81F16N7O17S3. The lowest BCUT2D eigenvalue weighted by atomic mass is 10.00. The van der Waals surface area contributed by atoms with Crippen molar-refractivity contribution < 1.29 is 152 Å². The number of nitrogens with zero attached hydrogens (tertiary/aromatic N) is 3. The molecule has 0 atom stereocenters. The van der Waals surface area contributed by atoms with Crippen LogP contribution in [0.4, 0.5) is 70.2 Å². The maximum absolute atomic E-state index is 14.1. The second-order valence-corrected chi connectivity index (χ2v) is 34.1. The number of aromatic hydroxyl groups is 4. The number of methoxy groups -OCH3 is 3. The van der Waals surface area contributed by atoms with Crippen LogP contribution in [0.15, 0.2) is 184 Å². The summed E-state index contributed by atoms with van der Waals surface area (Å²) in [5.74, 6) is -10.0. The van der Waals surface area contributed by atoms with Crippen LogP contribution < -0.4 is 54.4 Å². The van der Waals surface area contributed by atoms with E-state index in [4.69, 9.17) is 23.7 Å². The summed E-state index contributed by atoms with van der Waals surface area (Å²) in [5.41, 5.74) is 17.0. The number of phenolic OH excluding ortho intramolecular Hbond substituents is 4. The Labute approximate surface area is 809 Å². The lowest BCUT2D eigenvalue weighted by molar-refractivity contribution is -0.276. The van der Waals surface area contributed by atoms with Gasteiger partial charge in [0.25, 0.3) is 0 Å². The van der Waals surface area contributed by atoms with Crippen molar-refractivity contribution in [2.24, 2.45) is 0 Å². The number of aromatic nitrogens is 3. The minimum atomic E-state index is -5.03. The molecule has 0 spiro atoms. The van der Waals surface area contributed by atoms with Crippen LogP contribution in [0.1, 0.15) is 136 Å². The SMILES string of the molecule is CC1=C(CC(=O)NCc2cscn2)c2cc(F)ccc2/C1=C\c1ccc(O)c(OC(F)(F)F)c1.COc1cc(/C=C2/C(C)=C(CC(=O)NCC3OCCO3)c3cc(F)ccc32)cc(OC(F)(F)F)c1O.COc1cc(/C=C2/C(C)=C(CC(=O)NCc3cncs3)c3cc(F)ccc32)cc(OC(F)(F)F)c1O.COc1cc(/C=C2/C(C)=C(CC(=O)NCc3nccs3)c3cc(F)ccc32)cc(OC(F)(F)F)c1O. The third kappa shape index (κ3) is 26.8. The molecule has 43 heteroatoms. The molecule has 1 aliphatic heterocycles. The molecule has 24 nitrogen and oxygen atoms in total. The van der Waals surface area contributed by atoms with Crippen LogP contribution >= 0.6 is 34.0 Å². The number of ether oxygens (including phenoxy) is 9. The zero-order chi connectivity index (χ0) is 103. The molecule has 5 aliphatic rings. The smallest absolute Gasteiger partial charge is 0.504 e. The number of hydrogen-bond donors (Lipinski definition) is 8. The zero-order valence-electron chi connectivity index (χ0n) is 75.3. The van der Waals surface area contributed by atoms with Gasteiger partial charge in [-0.3, -0.25) is 24.2 Å². The van der Waals surface area contributed by atoms with Gasteiger partial charge in [-0.1, -0.05) is 30.3 Å². The molecule has 8 aromatic carbocycles. The van der Waals surface area contributed by atoms with E-state index in [1.165, 1.54) is 134 Å². The monoisotopic (exact) mass is 2040 g/mol. The predicted molar refractivity (Wildman–Crippen MR) is 495 cm³/mol. The first-order valence-corrected chi connectivity index (χ1v) is 44.9. The normalized spacial score (nSPS) is 15.0. The quantitative estimate of drug-likeness (QED) is 0.0222. The molecule has 0 bridgehead atoms. The number of carbonyl (C=O) groups is 4. The number of rotatable bonds is 27. The number of halogens is 16. The Bertz CT molecular complexity index is 6670. The largest absolute Gasteiger partial charge is 0.573 e. The van der Waals surface area contributed by atoms with Gasteiger partial charge in [0.05, 0.1) is 103 Å². The third-order valence-corrected chi connectivity index (χ3v) is 24.3. The number of hydrogen-bond acceptors (Lipinski definition) is 23. The van der Waals surface area contributed by atoms with Gasteiger partial charge in [-0.05, 0) is 283 Å². The summed E-state index contributed by atoms with van der Waals surface area (Å²) in [5, 5.41) is 55.4. The third-order valence-electron chi connectivity index (χ3n) is 22.1. The van der Waals surface area contributed by atoms with Gasteiger partial charge < -0.3 is 84.3 Å². The van der Waals surface area contributed by atoms with Crippen molar-refractivity contribution in [3.8, 4) is 63.2 Å². The Kier molecular flexibility index (Phi) is 32.8. The number of thiazole rings is 3. The molecule has 4 aliphatic carbocycles. The summed E-state index contributed by atoms with van der Waals surface area (Å²) in [6.45, 7) is 8.90. The van der Waals surface area contributed by atoms with E-state index < -0.39 is 101 Å². The highest BCUT2D eigenvalue weighted by Crippen LogP contribution is 2.52. The number of carbonyl (C=O) groups excluding carboxylic acids is 4. The highest BCUT2D eigenvalue weighted by Gasteiger charge is 2.39. The van der Waals surface area contributed by atoms with Gasteiger partial charge in [0.2, 0.25) is 40.9 Å². The molecule has 0 saturated carbocycles. The van der Waals surface area contributed by atoms with E-state index >= 15 is 0 Å². The van der Waals surface area contributed by atoms with Crippen molar-refractivity contribution in [3.63, 3.8) is 0 Å². The molecule has 0 radical (unpaired) electrons. The topological polar surface area (TPSA) is 319 Å². The van der Waals surface area contributed by atoms with E-state index in [-0.39, 0.29) is 103 Å². The number of allylic oxidation sites excluding steroid dienone is 8. The van der Waals surface area contributed by atoms with E-state index in [0.717, 1.165) is 45.9 Å². The van der Waals surface area contributed by atoms with Crippen molar-refractivity contribution in [1.82, 2.24) is 36.2 Å². The van der Waals surface area contributed by atoms with Gasteiger partial charge in [0.1, 0.15) is 28.3 Å². The Morgan fingerprint density at radius 3 is 1.09 bits per heavy atom. The molecule has 0 unspecified atom stereocenters. The fourth-order valence-electron chi connectivity index (χ4n) is 15.7. The first kappa shape index (κ1) is 104. The fourth-order valence-corrected chi connectivity index (χ4v) is 17.4. The number of amides is 4. The summed E-state index contributed by atoms with van der Waals surface area (Å²) in [6.07, 6.45) is -11.1. The molecular weight excluding hydrogens is 1960 g/mol. The lowest BCUT2D eigenvalue weighted by Gasteiger charge is -2.14. The van der Waals surface area contributed by atoms with Gasteiger partial charge in [-0.2, -0.15) is 0 Å². The molecule has 4 heterocycles. The highest BCUT2D eigenvalue weighted by atomic mass is 32.1. The van der Waals surface area contributed by atoms with Crippen LogP contribution in [0.5, 0.6) is 63.2 Å². The average Bonchev–Trinajstić information content (AvgIpc) is 1.63. The van der Waals surface area contributed by atoms with Gasteiger partial charge in [-0.15, -0.1) is 86.7 Å². The van der Waals surface area contributed by atoms with E-state index in [2.05, 4.69) is 55.2 Å². The van der Waals surface area contributed by atoms with Crippen LogP contribution in [0.25, 0.3) is 68.9 Å². The number of phenols is 4. The van der Waals surface area contributed by atoms with Crippen molar-refractivity contribution in [2.75, 3.05) is 41.1 Å². The molecule has 142 heavy (non-hydrogen) atoms. The average molecular weight is 2040 g/mol. The minimum Gasteiger partial charge on any atom is -0.504 e. The molecule has 11 aromatic rings. The Balaban J connectivity index is 0.000000159. The molecule has 16 rings (SSSR count). The molecule has 1 fully saturated rings. The second-order valence-electron chi connectivity index (χ2n) is 31.4. The molecule has 4 amide bonds. The van der Waals surface area contributed by atoms with Crippen LogP contribution in [-0.2, 0) is 48.3 Å². The summed E-state index contributed by atoms with van der Waals surface area (Å²) < 4.78 is 251. The number of fused-ring (bicyclic) bond motifs is 4. The van der Waals surface area contributed by atoms with Gasteiger partial charge >= 0.3 is 25.4 Å². The summed E-state index contributed by atoms with van der Waals surface area (Å²) in [7, 11) is 3.59. The van der Waals surface area contributed by atoms with Crippen molar-refractivity contribution >= 4 is 127 Å². The minimum absolute atomic E-state index is 0.0121. The van der Waals surface area contributed by atoms with Crippen molar-refractivity contribution in [2.45, 2.75) is 105 Å². The van der Waals surface area contributed by atoms with Gasteiger partial charge in [0, 0.05) is 28.0 Å². The van der Waals surface area contributed by atoms with E-state index in [9.17, 15) is 110 Å². The van der Waals surface area contributed by atoms with Crippen molar-refractivity contribution in [1.29, 1.82) is 0 Å². The summed E-state index contributed by atoms with van der Waals surface area (Å²) in [6, 6.07) is 27.2. The van der Waals surface area contributed by atoms with Gasteiger partial charge in [0.15, 0.2) is 52.3 Å². The Morgan fingerprint density at radius 2 is 0.754 bits per heavy atom. The fraction of sp³-hybridized carbons (Fsp3) is 0.222. The summed E-state index contributed by atoms with van der Waals surface area (Å²) >= 11 is 4.22. The molecule has 3 aromatic heterocycles. The molecule has 1 saturated heterocycles. The highest BCUT2D eigenvalue weighted by molar-refractivity contribution is 7.09. The van der Waals surface area contributed by atoms with Crippen LogP contribution in [-0.4, -0.2) is 132 Å². The van der Waals surface area contributed by atoms with Crippen LogP contribution in [0, 0.1) is 23.3 Å². The van der Waals surface area contributed by atoms with Crippen LogP contribution in [0.2, 0.25) is 0 Å². The molecule has 8 N–H and O–H groups in total. The molecule has 744 valence electrons. The number of nitrogens with one attached hydrogen (secondary N) is 4. The number of benzene rings is 8. The summed E-state index contributed by atoms with van der Waals surface area (Å²) in [4.78, 5) is 63.6. The first-order chi connectivity index (χ1) is 67.3. The standard InChI is InChI=1S/2C25H20F4N2O4S.C25H23F4NO6.C24H18F4N2O3S/c1-13-18(5-14-6-21(34-2)24(33)22(7-14)35-25(27,28)29)17-4-3-15(26)8-20(17)19(13)9-23(32)31-11-16-10-30-12-36-16;1-13-17(7-14-8-20(34-2)24(33)21(9-14)35-25(27,28)29)16-4-3-15(26)10-19(16)18(13)11-22(32)31-12-23-30-5-6-36-23;1-13-17(7-14-8-20(33-2)24(32)21(9-14)36-25(27,28)29)16-4-3-15(26)10-19(16)18(13)11-22(31)30-12-23-34-5-6-35-23;1-13-18(6-14-2-5-21(31)22(7-14)33-24(26,27)28)17-4-3-15(25)8-20(17)19(13)9-23(32)29-10-16-11-34-12-30-16/h3-8,10,12,33H,9,11H2,1-2H3,(H,31,32);3-10,33H,11-12H2,1-2H3,(H,31,32);3-4,7-10,23,32H,5-6,11-12H2,1-2H3,(H,30,31);2-8,11-12,31H,9-10H2,1H3,(H,29,32)/b18-5-;2*17-7-;18-6-. The van der Waals surface area contributed by atoms with E-state index in [0.29, 0.717) is 137 Å². The van der Waals surface area contributed by atoms with E-state index in [1.807, 2.05) is 5.38 Å². The predicted octanol–water partition coefficient (Wildman–Crippen LogP) is 22.4. The van der Waals surface area contributed by atoms with Crippen LogP contribution in [0.3, 0.4) is 0 Å². The Hall–Kier alpha value is -15.0. The second kappa shape index (κ2) is 44.7.